The second kappa shape index (κ2) is 4.21. The molecule has 0 aliphatic heterocycles. The first-order valence-electron chi connectivity index (χ1n) is 4.23. The van der Waals surface area contributed by atoms with Crippen molar-refractivity contribution < 1.29 is 8.42 Å². The van der Waals surface area contributed by atoms with E-state index in [1.807, 2.05) is 6.07 Å². The normalized spacial score (nSPS) is 11.3. The summed E-state index contributed by atoms with van der Waals surface area (Å²) in [5.74, 6) is 0. The SMILES string of the molecule is Cc1nn(CCC#N)c(C)c1S(=O)(=O)Cl. The van der Waals surface area contributed by atoms with Gasteiger partial charge >= 0.3 is 0 Å². The second-order valence-corrected chi connectivity index (χ2v) is 5.57. The van der Waals surface area contributed by atoms with E-state index in [1.54, 1.807) is 13.8 Å². The standard InChI is InChI=1S/C8H10ClN3O2S/c1-6-8(15(9,13)14)7(2)12(11-6)5-3-4-10/h3,5H2,1-2H3. The lowest BCUT2D eigenvalue weighted by molar-refractivity contribution is 0.598. The molecule has 0 saturated carbocycles. The maximum atomic E-state index is 11.2. The molecule has 0 spiro atoms. The van der Waals surface area contributed by atoms with Gasteiger partial charge in [0, 0.05) is 10.7 Å². The van der Waals surface area contributed by atoms with E-state index < -0.39 is 9.05 Å². The van der Waals surface area contributed by atoms with E-state index in [4.69, 9.17) is 15.9 Å². The van der Waals surface area contributed by atoms with Crippen LogP contribution < -0.4 is 0 Å². The molecule has 0 aliphatic carbocycles. The van der Waals surface area contributed by atoms with Crippen molar-refractivity contribution in [2.75, 3.05) is 0 Å². The molecule has 0 radical (unpaired) electrons. The van der Waals surface area contributed by atoms with Gasteiger partial charge in [0.25, 0.3) is 9.05 Å². The average Bonchev–Trinajstić information content (AvgIpc) is 2.36. The molecule has 0 aliphatic rings. The Morgan fingerprint density at radius 1 is 1.53 bits per heavy atom. The van der Waals surface area contributed by atoms with Gasteiger partial charge in [-0.15, -0.1) is 0 Å². The Kier molecular flexibility index (Phi) is 3.37. The monoisotopic (exact) mass is 247 g/mol. The molecule has 0 aromatic carbocycles. The number of nitrogens with zero attached hydrogens (tertiary/aromatic N) is 3. The van der Waals surface area contributed by atoms with E-state index in [2.05, 4.69) is 5.10 Å². The van der Waals surface area contributed by atoms with Crippen LogP contribution in [0.3, 0.4) is 0 Å². The molecule has 1 heterocycles. The van der Waals surface area contributed by atoms with E-state index >= 15 is 0 Å². The molecule has 1 aromatic heterocycles. The van der Waals surface area contributed by atoms with Gasteiger partial charge in [-0.1, -0.05) is 0 Å². The zero-order chi connectivity index (χ0) is 11.6. The zero-order valence-electron chi connectivity index (χ0n) is 8.36. The lowest BCUT2D eigenvalue weighted by atomic mass is 10.4. The largest absolute Gasteiger partial charge is 0.267 e. The van der Waals surface area contributed by atoms with Crippen LogP contribution in [-0.2, 0) is 15.6 Å². The predicted octanol–water partition coefficient (Wildman–Crippen LogP) is 1.34. The molecule has 0 saturated heterocycles. The first-order chi connectivity index (χ1) is 6.88. The van der Waals surface area contributed by atoms with Crippen LogP contribution in [0, 0.1) is 25.2 Å². The molecule has 15 heavy (non-hydrogen) atoms. The van der Waals surface area contributed by atoms with Crippen molar-refractivity contribution >= 4 is 19.7 Å². The van der Waals surface area contributed by atoms with Gasteiger partial charge in [-0.25, -0.2) is 8.42 Å². The van der Waals surface area contributed by atoms with Crippen LogP contribution in [0.1, 0.15) is 17.8 Å². The molecule has 82 valence electrons. The predicted molar refractivity (Wildman–Crippen MR) is 55.0 cm³/mol. The van der Waals surface area contributed by atoms with Gasteiger partial charge in [0.15, 0.2) is 0 Å². The van der Waals surface area contributed by atoms with Crippen molar-refractivity contribution in [2.45, 2.75) is 31.7 Å². The van der Waals surface area contributed by atoms with Crippen LogP contribution >= 0.6 is 10.7 Å². The van der Waals surface area contributed by atoms with Gasteiger partial charge in [-0.2, -0.15) is 10.4 Å². The molecule has 1 rings (SSSR count). The number of halogens is 1. The summed E-state index contributed by atoms with van der Waals surface area (Å²) in [4.78, 5) is 0.0436. The number of rotatable bonds is 3. The third kappa shape index (κ3) is 2.49. The summed E-state index contributed by atoms with van der Waals surface area (Å²) in [7, 11) is 1.51. The first kappa shape index (κ1) is 12.0. The zero-order valence-corrected chi connectivity index (χ0v) is 9.93. The summed E-state index contributed by atoms with van der Waals surface area (Å²) in [6.45, 7) is 3.56. The minimum atomic E-state index is -3.76. The summed E-state index contributed by atoms with van der Waals surface area (Å²) in [6.07, 6.45) is 0.281. The lowest BCUT2D eigenvalue weighted by Crippen LogP contribution is -2.02. The summed E-state index contributed by atoms with van der Waals surface area (Å²) in [6, 6.07) is 1.97. The van der Waals surface area contributed by atoms with Crippen molar-refractivity contribution in [3.8, 4) is 6.07 Å². The molecule has 0 atom stereocenters. The van der Waals surface area contributed by atoms with Crippen molar-refractivity contribution in [2.24, 2.45) is 0 Å². The Balaban J connectivity index is 3.23. The van der Waals surface area contributed by atoms with Crippen molar-refractivity contribution in [3.63, 3.8) is 0 Å². The maximum absolute atomic E-state index is 11.2. The van der Waals surface area contributed by atoms with Crippen molar-refractivity contribution in [1.82, 2.24) is 9.78 Å². The highest BCUT2D eigenvalue weighted by molar-refractivity contribution is 8.13. The fourth-order valence-corrected chi connectivity index (χ4v) is 2.93. The third-order valence-electron chi connectivity index (χ3n) is 1.99. The highest BCUT2D eigenvalue weighted by atomic mass is 35.7. The van der Waals surface area contributed by atoms with Crippen molar-refractivity contribution in [3.05, 3.63) is 11.4 Å². The van der Waals surface area contributed by atoms with Crippen LogP contribution in [0.5, 0.6) is 0 Å². The lowest BCUT2D eigenvalue weighted by Gasteiger charge is -2.00. The minimum Gasteiger partial charge on any atom is -0.267 e. The Morgan fingerprint density at radius 3 is 2.53 bits per heavy atom. The van der Waals surface area contributed by atoms with Gasteiger partial charge in [-0.3, -0.25) is 4.68 Å². The fourth-order valence-electron chi connectivity index (χ4n) is 1.41. The van der Waals surface area contributed by atoms with Crippen LogP contribution in [0.25, 0.3) is 0 Å². The maximum Gasteiger partial charge on any atom is 0.264 e. The molecule has 0 unspecified atom stereocenters. The Bertz CT molecular complexity index is 513. The van der Waals surface area contributed by atoms with E-state index in [-0.39, 0.29) is 11.3 Å². The number of hydrogen-bond acceptors (Lipinski definition) is 4. The van der Waals surface area contributed by atoms with E-state index in [9.17, 15) is 8.42 Å². The summed E-state index contributed by atoms with van der Waals surface area (Å²) in [5, 5.41) is 12.4. The number of aryl methyl sites for hydroxylation is 2. The highest BCUT2D eigenvalue weighted by Gasteiger charge is 2.21. The second-order valence-electron chi connectivity index (χ2n) is 3.07. The van der Waals surface area contributed by atoms with Gasteiger partial charge in [0.1, 0.15) is 4.90 Å². The molecular weight excluding hydrogens is 238 g/mol. The van der Waals surface area contributed by atoms with E-state index in [0.717, 1.165) is 0 Å². The van der Waals surface area contributed by atoms with Crippen LogP contribution in [0.2, 0.25) is 0 Å². The quantitative estimate of drug-likeness (QED) is 0.756. The third-order valence-corrected chi connectivity index (χ3v) is 3.54. The Hall–Kier alpha value is -1.06. The number of nitriles is 1. The van der Waals surface area contributed by atoms with Crippen molar-refractivity contribution in [1.29, 1.82) is 5.26 Å². The summed E-state index contributed by atoms with van der Waals surface area (Å²) in [5.41, 5.74) is 0.832. The van der Waals surface area contributed by atoms with Gasteiger partial charge < -0.3 is 0 Å². The molecule has 7 heteroatoms. The highest BCUT2D eigenvalue weighted by Crippen LogP contribution is 2.23. The molecule has 0 N–H and O–H groups in total. The van der Waals surface area contributed by atoms with Crippen LogP contribution in [0.4, 0.5) is 0 Å². The number of hydrogen-bond donors (Lipinski definition) is 0. The smallest absolute Gasteiger partial charge is 0.264 e. The van der Waals surface area contributed by atoms with Gasteiger partial charge in [-0.05, 0) is 13.8 Å². The average molecular weight is 248 g/mol. The summed E-state index contributed by atoms with van der Waals surface area (Å²) >= 11 is 0. The Morgan fingerprint density at radius 2 is 2.13 bits per heavy atom. The molecule has 0 bridgehead atoms. The minimum absolute atomic E-state index is 0.0436. The molecule has 1 aromatic rings. The van der Waals surface area contributed by atoms with Crippen LogP contribution in [-0.4, -0.2) is 18.2 Å². The van der Waals surface area contributed by atoms with Gasteiger partial charge in [0.2, 0.25) is 0 Å². The van der Waals surface area contributed by atoms with E-state index in [0.29, 0.717) is 17.9 Å². The van der Waals surface area contributed by atoms with Crippen LogP contribution in [0.15, 0.2) is 4.90 Å². The fraction of sp³-hybridized carbons (Fsp3) is 0.500. The Labute approximate surface area is 92.7 Å². The molecular formula is C8H10ClN3O2S. The molecule has 5 nitrogen and oxygen atoms in total. The topological polar surface area (TPSA) is 75.8 Å². The van der Waals surface area contributed by atoms with Gasteiger partial charge in [0.05, 0.1) is 30.4 Å². The first-order valence-corrected chi connectivity index (χ1v) is 6.54. The summed E-state index contributed by atoms with van der Waals surface area (Å²) < 4.78 is 23.9. The molecule has 0 fully saturated rings. The number of aromatic nitrogens is 2. The van der Waals surface area contributed by atoms with E-state index in [1.165, 1.54) is 4.68 Å². The molecule has 0 amide bonds.